The van der Waals surface area contributed by atoms with Crippen LogP contribution in [0.4, 0.5) is 14.5 Å². The van der Waals surface area contributed by atoms with E-state index in [0.717, 1.165) is 10.6 Å². The van der Waals surface area contributed by atoms with Crippen molar-refractivity contribution in [1.29, 1.82) is 0 Å². The number of aromatic nitrogens is 1. The lowest BCUT2D eigenvalue weighted by Crippen LogP contribution is -2.54. The Morgan fingerprint density at radius 3 is 2.35 bits per heavy atom. The normalized spacial score (nSPS) is 15.5. The lowest BCUT2D eigenvalue weighted by Gasteiger charge is -2.28. The SMILES string of the molecule is Cc1cc(C=C2C(=O)NC(=S)N(c3ccc(F)cc3)C2=O)c(C)n1-c1ccccc1F. The van der Waals surface area contributed by atoms with Gasteiger partial charge in [0.2, 0.25) is 0 Å². The number of nitrogens with one attached hydrogen (secondary N) is 1. The van der Waals surface area contributed by atoms with Crippen LogP contribution in [0.25, 0.3) is 11.8 Å². The third-order valence-electron chi connectivity index (χ3n) is 5.05. The molecular formula is C23H17F2N3O2S. The molecule has 2 aromatic carbocycles. The number of benzene rings is 2. The number of aryl methyl sites for hydroxylation is 1. The Hall–Kier alpha value is -3.65. The molecule has 31 heavy (non-hydrogen) atoms. The fraction of sp³-hybridized carbons (Fsp3) is 0.0870. The van der Waals surface area contributed by atoms with Crippen LogP contribution in [0.3, 0.4) is 0 Å². The number of nitrogens with zero attached hydrogens (tertiary/aromatic N) is 2. The van der Waals surface area contributed by atoms with Crippen molar-refractivity contribution in [2.75, 3.05) is 4.90 Å². The average molecular weight is 437 g/mol. The van der Waals surface area contributed by atoms with Crippen LogP contribution in [0.1, 0.15) is 17.0 Å². The van der Waals surface area contributed by atoms with Crippen LogP contribution in [-0.4, -0.2) is 21.5 Å². The van der Waals surface area contributed by atoms with Gasteiger partial charge in [-0.05, 0) is 80.2 Å². The van der Waals surface area contributed by atoms with E-state index in [1.54, 1.807) is 35.8 Å². The highest BCUT2D eigenvalue weighted by atomic mass is 32.1. The fourth-order valence-electron chi connectivity index (χ4n) is 3.58. The Bertz CT molecular complexity index is 1260. The standard InChI is InChI=1S/C23H17F2N3O2S/c1-13-11-15(14(2)27(13)20-6-4-3-5-19(20)25)12-18-21(29)26-23(31)28(22(18)30)17-9-7-16(24)8-10-17/h3-12H,1-2H3,(H,26,29,31). The molecule has 8 heteroatoms. The Balaban J connectivity index is 1.77. The molecule has 2 amide bonds. The summed E-state index contributed by atoms with van der Waals surface area (Å²) >= 11 is 5.15. The summed E-state index contributed by atoms with van der Waals surface area (Å²) in [5.74, 6) is -2.11. The molecule has 0 aliphatic carbocycles. The van der Waals surface area contributed by atoms with Crippen LogP contribution in [0.5, 0.6) is 0 Å². The van der Waals surface area contributed by atoms with E-state index in [2.05, 4.69) is 5.32 Å². The molecule has 0 unspecified atom stereocenters. The summed E-state index contributed by atoms with van der Waals surface area (Å²) in [6.45, 7) is 3.59. The minimum Gasteiger partial charge on any atom is -0.315 e. The van der Waals surface area contributed by atoms with Gasteiger partial charge in [-0.3, -0.25) is 19.8 Å². The second-order valence-corrected chi connectivity index (χ2v) is 7.43. The predicted octanol–water partition coefficient (Wildman–Crippen LogP) is 4.20. The van der Waals surface area contributed by atoms with E-state index in [1.807, 2.05) is 6.92 Å². The number of para-hydroxylation sites is 1. The molecule has 0 spiro atoms. The first-order chi connectivity index (χ1) is 14.8. The monoisotopic (exact) mass is 437 g/mol. The van der Waals surface area contributed by atoms with E-state index in [4.69, 9.17) is 12.2 Å². The van der Waals surface area contributed by atoms with Crippen LogP contribution in [0.15, 0.2) is 60.2 Å². The Morgan fingerprint density at radius 2 is 1.68 bits per heavy atom. The van der Waals surface area contributed by atoms with E-state index in [1.165, 1.54) is 36.4 Å². The second kappa shape index (κ2) is 7.88. The van der Waals surface area contributed by atoms with Crippen molar-refractivity contribution in [3.63, 3.8) is 0 Å². The summed E-state index contributed by atoms with van der Waals surface area (Å²) in [5.41, 5.74) is 2.56. The average Bonchev–Trinajstić information content (AvgIpc) is 3.00. The van der Waals surface area contributed by atoms with Crippen molar-refractivity contribution in [2.24, 2.45) is 0 Å². The van der Waals surface area contributed by atoms with Crippen molar-refractivity contribution < 1.29 is 18.4 Å². The summed E-state index contributed by atoms with van der Waals surface area (Å²) in [4.78, 5) is 26.8. The van der Waals surface area contributed by atoms with Gasteiger partial charge in [0, 0.05) is 11.4 Å². The molecule has 1 aromatic heterocycles. The van der Waals surface area contributed by atoms with E-state index in [9.17, 15) is 18.4 Å². The van der Waals surface area contributed by atoms with Gasteiger partial charge < -0.3 is 4.57 Å². The van der Waals surface area contributed by atoms with Gasteiger partial charge in [0.25, 0.3) is 11.8 Å². The van der Waals surface area contributed by atoms with Crippen LogP contribution in [0.2, 0.25) is 0 Å². The second-order valence-electron chi connectivity index (χ2n) is 7.05. The third-order valence-corrected chi connectivity index (χ3v) is 5.33. The molecule has 3 aromatic rings. The number of rotatable bonds is 3. The number of amides is 2. The quantitative estimate of drug-likeness (QED) is 0.380. The summed E-state index contributed by atoms with van der Waals surface area (Å²) in [7, 11) is 0. The number of thiocarbonyl (C=S) groups is 1. The van der Waals surface area contributed by atoms with Crippen LogP contribution >= 0.6 is 12.2 Å². The number of halogens is 2. The molecule has 1 saturated heterocycles. The van der Waals surface area contributed by atoms with Gasteiger partial charge in [-0.2, -0.15) is 0 Å². The topological polar surface area (TPSA) is 54.3 Å². The van der Waals surface area contributed by atoms with E-state index in [0.29, 0.717) is 22.6 Å². The largest absolute Gasteiger partial charge is 0.315 e. The van der Waals surface area contributed by atoms with E-state index < -0.39 is 17.6 Å². The lowest BCUT2D eigenvalue weighted by molar-refractivity contribution is -0.122. The molecule has 0 radical (unpaired) electrons. The number of hydrogen-bond acceptors (Lipinski definition) is 3. The van der Waals surface area contributed by atoms with E-state index >= 15 is 0 Å². The summed E-state index contributed by atoms with van der Waals surface area (Å²) in [6, 6.07) is 13.3. The number of carbonyl (C=O) groups is 2. The fourth-order valence-corrected chi connectivity index (χ4v) is 3.86. The predicted molar refractivity (Wildman–Crippen MR) is 118 cm³/mol. The molecule has 5 nitrogen and oxygen atoms in total. The Labute approximate surface area is 182 Å². The van der Waals surface area contributed by atoms with Gasteiger partial charge in [-0.15, -0.1) is 0 Å². The van der Waals surface area contributed by atoms with Crippen molar-refractivity contribution >= 4 is 40.9 Å². The molecule has 156 valence electrons. The van der Waals surface area contributed by atoms with Crippen molar-refractivity contribution in [3.8, 4) is 5.69 Å². The molecule has 1 N–H and O–H groups in total. The molecule has 0 atom stereocenters. The molecule has 2 heterocycles. The van der Waals surface area contributed by atoms with Crippen molar-refractivity contribution in [3.05, 3.63) is 88.8 Å². The van der Waals surface area contributed by atoms with E-state index in [-0.39, 0.29) is 16.5 Å². The molecule has 1 aliphatic rings. The Morgan fingerprint density at radius 1 is 1.00 bits per heavy atom. The summed E-state index contributed by atoms with van der Waals surface area (Å²) in [5, 5.41) is 2.41. The minimum atomic E-state index is -0.635. The number of anilines is 1. The maximum absolute atomic E-state index is 14.3. The Kier molecular flexibility index (Phi) is 5.24. The molecule has 1 aliphatic heterocycles. The highest BCUT2D eigenvalue weighted by molar-refractivity contribution is 7.80. The summed E-state index contributed by atoms with van der Waals surface area (Å²) < 4.78 is 29.3. The first kappa shape index (κ1) is 20.6. The molecule has 0 saturated carbocycles. The van der Waals surface area contributed by atoms with Gasteiger partial charge in [0.15, 0.2) is 5.11 Å². The zero-order valence-electron chi connectivity index (χ0n) is 16.6. The summed E-state index contributed by atoms with van der Waals surface area (Å²) in [6.07, 6.45) is 1.45. The highest BCUT2D eigenvalue weighted by Crippen LogP contribution is 2.27. The molecular weight excluding hydrogens is 420 g/mol. The van der Waals surface area contributed by atoms with Crippen LogP contribution in [-0.2, 0) is 9.59 Å². The lowest BCUT2D eigenvalue weighted by atomic mass is 10.1. The van der Waals surface area contributed by atoms with Gasteiger partial charge in [-0.1, -0.05) is 12.1 Å². The first-order valence-electron chi connectivity index (χ1n) is 9.39. The smallest absolute Gasteiger partial charge is 0.270 e. The van der Waals surface area contributed by atoms with Gasteiger partial charge in [-0.25, -0.2) is 8.78 Å². The number of hydrogen-bond donors (Lipinski definition) is 1. The number of carbonyl (C=O) groups excluding carboxylic acids is 2. The maximum Gasteiger partial charge on any atom is 0.270 e. The van der Waals surface area contributed by atoms with Crippen LogP contribution < -0.4 is 10.2 Å². The molecule has 0 bridgehead atoms. The zero-order chi connectivity index (χ0) is 22.3. The molecule has 4 rings (SSSR count). The van der Waals surface area contributed by atoms with Gasteiger partial charge in [0.1, 0.15) is 17.2 Å². The third kappa shape index (κ3) is 3.66. The zero-order valence-corrected chi connectivity index (χ0v) is 17.5. The van der Waals surface area contributed by atoms with Gasteiger partial charge in [0.05, 0.1) is 11.4 Å². The van der Waals surface area contributed by atoms with Crippen LogP contribution in [0, 0.1) is 25.5 Å². The van der Waals surface area contributed by atoms with Crippen molar-refractivity contribution in [2.45, 2.75) is 13.8 Å². The highest BCUT2D eigenvalue weighted by Gasteiger charge is 2.34. The molecule has 1 fully saturated rings. The van der Waals surface area contributed by atoms with Crippen molar-refractivity contribution in [1.82, 2.24) is 9.88 Å². The first-order valence-corrected chi connectivity index (χ1v) is 9.79. The minimum absolute atomic E-state index is 0.0874. The van der Waals surface area contributed by atoms with Gasteiger partial charge >= 0.3 is 0 Å². The maximum atomic E-state index is 14.3.